The Labute approximate surface area is 190 Å². The molecule has 1 aromatic rings. The molecule has 0 aromatic heterocycles. The summed E-state index contributed by atoms with van der Waals surface area (Å²) in [7, 11) is 0. The largest absolute Gasteiger partial charge is 0.394 e. The van der Waals surface area contributed by atoms with E-state index in [9.17, 15) is 40.9 Å². The summed E-state index contributed by atoms with van der Waals surface area (Å²) in [5.41, 5.74) is 1.88. The predicted octanol–water partition coefficient (Wildman–Crippen LogP) is -3.62. The third-order valence-electron chi connectivity index (χ3n) is 5.72. The van der Waals surface area contributed by atoms with Crippen molar-refractivity contribution in [1.82, 2.24) is 0 Å². The minimum absolute atomic E-state index is 0.538. The lowest BCUT2D eigenvalue weighted by Crippen LogP contribution is -2.58. The van der Waals surface area contributed by atoms with Gasteiger partial charge in [0.05, 0.1) is 13.2 Å². The standard InChI is InChI=1S/C23H28O10/c1-11-8-12(3-6-14-18(26)22(30)20(28)16(9-24)32-14)2-4-13(11)5-7-15-19(27)23(31)21(29)17(10-25)33-15/h2,4,8,14-31H,9-10H2,1H3. The van der Waals surface area contributed by atoms with Gasteiger partial charge in [-0.1, -0.05) is 23.7 Å². The Balaban J connectivity index is 1.73. The monoisotopic (exact) mass is 464 g/mol. The van der Waals surface area contributed by atoms with Gasteiger partial charge >= 0.3 is 0 Å². The van der Waals surface area contributed by atoms with Gasteiger partial charge in [0.25, 0.3) is 0 Å². The summed E-state index contributed by atoms with van der Waals surface area (Å²) in [5.74, 6) is 11.1. The lowest BCUT2D eigenvalue weighted by atomic mass is 9.95. The number of aliphatic hydroxyl groups is 8. The molecule has 10 atom stereocenters. The van der Waals surface area contributed by atoms with E-state index in [1.54, 1.807) is 25.1 Å². The topological polar surface area (TPSA) is 180 Å². The van der Waals surface area contributed by atoms with Crippen LogP contribution in [-0.2, 0) is 9.47 Å². The van der Waals surface area contributed by atoms with Crippen LogP contribution in [0.5, 0.6) is 0 Å². The Bertz CT molecular complexity index is 940. The molecule has 10 unspecified atom stereocenters. The average molecular weight is 464 g/mol. The predicted molar refractivity (Wildman–Crippen MR) is 112 cm³/mol. The molecule has 0 saturated carbocycles. The maximum Gasteiger partial charge on any atom is 0.147 e. The van der Waals surface area contributed by atoms with Crippen LogP contribution in [0.3, 0.4) is 0 Å². The first kappa shape index (κ1) is 25.6. The number of hydrogen-bond acceptors (Lipinski definition) is 10. The van der Waals surface area contributed by atoms with Crippen molar-refractivity contribution in [3.05, 3.63) is 34.9 Å². The molecule has 3 rings (SSSR count). The van der Waals surface area contributed by atoms with Gasteiger partial charge in [0, 0.05) is 11.1 Å². The number of ether oxygens (including phenoxy) is 2. The fourth-order valence-corrected chi connectivity index (χ4v) is 3.63. The van der Waals surface area contributed by atoms with E-state index in [2.05, 4.69) is 23.7 Å². The van der Waals surface area contributed by atoms with Gasteiger partial charge in [-0.2, -0.15) is 0 Å². The van der Waals surface area contributed by atoms with Crippen LogP contribution in [0.25, 0.3) is 0 Å². The Kier molecular flexibility index (Phi) is 8.45. The normalized spacial score (nSPS) is 38.6. The van der Waals surface area contributed by atoms with E-state index in [1.807, 2.05) is 0 Å². The Morgan fingerprint density at radius 3 is 1.64 bits per heavy atom. The van der Waals surface area contributed by atoms with Crippen molar-refractivity contribution in [2.45, 2.75) is 68.0 Å². The third kappa shape index (κ3) is 5.54. The second-order valence-electron chi connectivity index (χ2n) is 8.07. The molecule has 0 bridgehead atoms. The molecule has 0 radical (unpaired) electrons. The number of benzene rings is 1. The van der Waals surface area contributed by atoms with E-state index in [-0.39, 0.29) is 0 Å². The van der Waals surface area contributed by atoms with Gasteiger partial charge in [0.15, 0.2) is 0 Å². The highest BCUT2D eigenvalue weighted by Gasteiger charge is 2.43. The Morgan fingerprint density at radius 2 is 1.18 bits per heavy atom. The molecule has 2 heterocycles. The summed E-state index contributed by atoms with van der Waals surface area (Å²) in [6.07, 6.45) is -13.1. The van der Waals surface area contributed by atoms with E-state index in [0.717, 1.165) is 5.56 Å². The fourth-order valence-electron chi connectivity index (χ4n) is 3.63. The minimum atomic E-state index is -1.50. The molecule has 2 fully saturated rings. The second kappa shape index (κ2) is 10.9. The smallest absolute Gasteiger partial charge is 0.147 e. The molecule has 2 aliphatic rings. The molecule has 8 N–H and O–H groups in total. The summed E-state index contributed by atoms with van der Waals surface area (Å²) in [6.45, 7) is 0.699. The summed E-state index contributed by atoms with van der Waals surface area (Å²) in [6, 6.07) is 5.04. The van der Waals surface area contributed by atoms with E-state index in [4.69, 9.17) is 9.47 Å². The molecule has 33 heavy (non-hydrogen) atoms. The fraction of sp³-hybridized carbons (Fsp3) is 0.565. The molecule has 0 amide bonds. The van der Waals surface area contributed by atoms with Gasteiger partial charge in [0.1, 0.15) is 61.0 Å². The van der Waals surface area contributed by atoms with E-state index >= 15 is 0 Å². The summed E-state index contributed by atoms with van der Waals surface area (Å²) < 4.78 is 10.7. The van der Waals surface area contributed by atoms with Crippen molar-refractivity contribution in [1.29, 1.82) is 0 Å². The van der Waals surface area contributed by atoms with Crippen LogP contribution in [-0.4, -0.2) is 115 Å². The highest BCUT2D eigenvalue weighted by atomic mass is 16.5. The molecular formula is C23H28O10. The number of rotatable bonds is 2. The SMILES string of the molecule is Cc1cc(C#CC2OC(CO)C(O)C(O)C2O)ccc1C#CC1OC(CO)C(O)C(O)C1O. The first-order valence-electron chi connectivity index (χ1n) is 10.4. The summed E-state index contributed by atoms with van der Waals surface area (Å²) in [5, 5.41) is 78.0. The Hall–Kier alpha value is -2.06. The Morgan fingerprint density at radius 1 is 0.697 bits per heavy atom. The highest BCUT2D eigenvalue weighted by Crippen LogP contribution is 2.22. The number of aliphatic hydroxyl groups excluding tert-OH is 8. The van der Waals surface area contributed by atoms with Crippen molar-refractivity contribution in [3.8, 4) is 23.7 Å². The quantitative estimate of drug-likeness (QED) is 0.204. The highest BCUT2D eigenvalue weighted by molar-refractivity contribution is 5.48. The van der Waals surface area contributed by atoms with Gasteiger partial charge in [-0.05, 0) is 30.7 Å². The lowest BCUT2D eigenvalue weighted by molar-refractivity contribution is -0.214. The van der Waals surface area contributed by atoms with Crippen LogP contribution in [0.15, 0.2) is 18.2 Å². The molecule has 0 spiro atoms. The lowest BCUT2D eigenvalue weighted by Gasteiger charge is -2.37. The molecule has 10 heteroatoms. The van der Waals surface area contributed by atoms with E-state index < -0.39 is 74.3 Å². The van der Waals surface area contributed by atoms with Crippen LogP contribution < -0.4 is 0 Å². The van der Waals surface area contributed by atoms with Crippen LogP contribution in [0.4, 0.5) is 0 Å². The molecule has 2 aliphatic heterocycles. The van der Waals surface area contributed by atoms with E-state index in [1.165, 1.54) is 0 Å². The third-order valence-corrected chi connectivity index (χ3v) is 5.72. The van der Waals surface area contributed by atoms with Gasteiger partial charge < -0.3 is 50.3 Å². The molecule has 0 aliphatic carbocycles. The average Bonchev–Trinajstić information content (AvgIpc) is 2.81. The van der Waals surface area contributed by atoms with Crippen LogP contribution in [0.2, 0.25) is 0 Å². The number of hydrogen-bond donors (Lipinski definition) is 8. The van der Waals surface area contributed by atoms with Crippen LogP contribution in [0, 0.1) is 30.6 Å². The van der Waals surface area contributed by atoms with Crippen molar-refractivity contribution < 1.29 is 50.3 Å². The minimum Gasteiger partial charge on any atom is -0.394 e. The molecule has 10 nitrogen and oxygen atoms in total. The molecule has 1 aromatic carbocycles. The first-order chi connectivity index (χ1) is 15.7. The summed E-state index contributed by atoms with van der Waals surface area (Å²) >= 11 is 0. The maximum atomic E-state index is 10.1. The van der Waals surface area contributed by atoms with Crippen molar-refractivity contribution in [2.75, 3.05) is 13.2 Å². The second-order valence-corrected chi connectivity index (χ2v) is 8.07. The van der Waals surface area contributed by atoms with Gasteiger partial charge in [-0.25, -0.2) is 0 Å². The van der Waals surface area contributed by atoms with Crippen LogP contribution >= 0.6 is 0 Å². The van der Waals surface area contributed by atoms with Gasteiger partial charge in [-0.15, -0.1) is 0 Å². The van der Waals surface area contributed by atoms with Crippen molar-refractivity contribution in [2.24, 2.45) is 0 Å². The molecule has 180 valence electrons. The zero-order chi connectivity index (χ0) is 24.3. The maximum absolute atomic E-state index is 10.1. The van der Waals surface area contributed by atoms with E-state index in [0.29, 0.717) is 11.1 Å². The van der Waals surface area contributed by atoms with Crippen LogP contribution in [0.1, 0.15) is 16.7 Å². The number of aryl methyl sites for hydroxylation is 1. The van der Waals surface area contributed by atoms with Gasteiger partial charge in [-0.3, -0.25) is 0 Å². The zero-order valence-corrected chi connectivity index (χ0v) is 17.8. The van der Waals surface area contributed by atoms with Crippen molar-refractivity contribution in [3.63, 3.8) is 0 Å². The zero-order valence-electron chi connectivity index (χ0n) is 17.8. The molecule has 2 saturated heterocycles. The first-order valence-corrected chi connectivity index (χ1v) is 10.4. The summed E-state index contributed by atoms with van der Waals surface area (Å²) in [4.78, 5) is 0. The van der Waals surface area contributed by atoms with Gasteiger partial charge in [0.2, 0.25) is 0 Å². The molecular weight excluding hydrogens is 436 g/mol. The van der Waals surface area contributed by atoms with Crippen molar-refractivity contribution >= 4 is 0 Å².